The normalized spacial score (nSPS) is 10.6. The molecule has 0 bridgehead atoms. The molecule has 2 nitrogen and oxygen atoms in total. The summed E-state index contributed by atoms with van der Waals surface area (Å²) in [6.07, 6.45) is 7.88. The summed E-state index contributed by atoms with van der Waals surface area (Å²) in [5.41, 5.74) is 0. The van der Waals surface area contributed by atoms with Crippen molar-refractivity contribution in [2.75, 3.05) is 20.6 Å². The first kappa shape index (κ1) is 9.50. The van der Waals surface area contributed by atoms with Crippen LogP contribution in [0.15, 0.2) is 12.3 Å². The number of rotatable bonds is 6. The van der Waals surface area contributed by atoms with E-state index in [1.165, 1.54) is 19.3 Å². The van der Waals surface area contributed by atoms with Gasteiger partial charge in [-0.15, -0.1) is 0 Å². The van der Waals surface area contributed by atoms with Crippen LogP contribution in [-0.4, -0.2) is 20.6 Å². The maximum absolute atomic E-state index is 3.12. The molecular formula is C8H18N2. The third-order valence-electron chi connectivity index (χ3n) is 1.33. The van der Waals surface area contributed by atoms with Crippen LogP contribution in [0, 0.1) is 0 Å². The SMILES string of the molecule is CNC=CCCCCNC. The van der Waals surface area contributed by atoms with Crippen LogP contribution in [0.2, 0.25) is 0 Å². The van der Waals surface area contributed by atoms with Crippen LogP contribution in [0.25, 0.3) is 0 Å². The molecule has 0 heterocycles. The first-order valence-electron chi connectivity index (χ1n) is 3.88. The van der Waals surface area contributed by atoms with Gasteiger partial charge in [-0.25, -0.2) is 0 Å². The van der Waals surface area contributed by atoms with Gasteiger partial charge in [0.15, 0.2) is 0 Å². The quantitative estimate of drug-likeness (QED) is 0.543. The van der Waals surface area contributed by atoms with Gasteiger partial charge in [0.05, 0.1) is 0 Å². The molecule has 0 aromatic carbocycles. The van der Waals surface area contributed by atoms with Crippen molar-refractivity contribution < 1.29 is 0 Å². The van der Waals surface area contributed by atoms with Crippen LogP contribution >= 0.6 is 0 Å². The van der Waals surface area contributed by atoms with Gasteiger partial charge < -0.3 is 10.6 Å². The molecule has 0 amide bonds. The predicted octanol–water partition coefficient (Wildman–Crippen LogP) is 1.11. The molecule has 0 atom stereocenters. The zero-order valence-corrected chi connectivity index (χ0v) is 6.98. The fourth-order valence-corrected chi connectivity index (χ4v) is 0.765. The largest absolute Gasteiger partial charge is 0.394 e. The van der Waals surface area contributed by atoms with E-state index in [-0.39, 0.29) is 0 Å². The first-order valence-corrected chi connectivity index (χ1v) is 3.88. The Kier molecular flexibility index (Phi) is 8.07. The summed E-state index contributed by atoms with van der Waals surface area (Å²) in [6, 6.07) is 0. The molecule has 0 saturated heterocycles. The maximum atomic E-state index is 3.12. The molecule has 0 radical (unpaired) electrons. The third-order valence-corrected chi connectivity index (χ3v) is 1.33. The van der Waals surface area contributed by atoms with E-state index in [9.17, 15) is 0 Å². The van der Waals surface area contributed by atoms with Gasteiger partial charge in [-0.3, -0.25) is 0 Å². The minimum atomic E-state index is 1.13. The lowest BCUT2D eigenvalue weighted by molar-refractivity contribution is 0.684. The van der Waals surface area contributed by atoms with Crippen molar-refractivity contribution in [2.24, 2.45) is 0 Å². The molecule has 0 unspecified atom stereocenters. The highest BCUT2D eigenvalue weighted by Crippen LogP contribution is 1.93. The van der Waals surface area contributed by atoms with E-state index in [1.54, 1.807) is 0 Å². The fraction of sp³-hybridized carbons (Fsp3) is 0.750. The zero-order chi connectivity index (χ0) is 7.66. The van der Waals surface area contributed by atoms with Crippen molar-refractivity contribution in [2.45, 2.75) is 19.3 Å². The molecule has 0 fully saturated rings. The second-order valence-corrected chi connectivity index (χ2v) is 2.29. The first-order chi connectivity index (χ1) is 4.91. The molecule has 60 valence electrons. The minimum Gasteiger partial charge on any atom is -0.394 e. The number of unbranched alkanes of at least 4 members (excludes halogenated alkanes) is 2. The molecule has 2 heteroatoms. The monoisotopic (exact) mass is 142 g/mol. The number of hydrogen-bond donors (Lipinski definition) is 2. The maximum Gasteiger partial charge on any atom is 0.00276 e. The van der Waals surface area contributed by atoms with Crippen LogP contribution in [0.4, 0.5) is 0 Å². The Bertz CT molecular complexity index is 79.3. The van der Waals surface area contributed by atoms with Gasteiger partial charge in [-0.1, -0.05) is 6.08 Å². The van der Waals surface area contributed by atoms with E-state index >= 15 is 0 Å². The van der Waals surface area contributed by atoms with Crippen molar-refractivity contribution >= 4 is 0 Å². The van der Waals surface area contributed by atoms with E-state index in [4.69, 9.17) is 0 Å². The fourth-order valence-electron chi connectivity index (χ4n) is 0.765. The van der Waals surface area contributed by atoms with E-state index in [2.05, 4.69) is 16.7 Å². The van der Waals surface area contributed by atoms with E-state index in [1.807, 2.05) is 20.3 Å². The van der Waals surface area contributed by atoms with Gasteiger partial charge in [0, 0.05) is 7.05 Å². The van der Waals surface area contributed by atoms with Gasteiger partial charge >= 0.3 is 0 Å². The highest BCUT2D eigenvalue weighted by molar-refractivity contribution is 4.77. The van der Waals surface area contributed by atoms with E-state index in [0.717, 1.165) is 6.54 Å². The Labute approximate surface area is 63.7 Å². The molecule has 0 spiro atoms. The standard InChI is InChI=1S/C8H18N2/c1-9-7-5-3-4-6-8-10-2/h5,7,9-10H,3-4,6,8H2,1-2H3. The molecule has 0 aliphatic rings. The molecule has 0 aromatic rings. The van der Waals surface area contributed by atoms with Crippen LogP contribution in [0.1, 0.15) is 19.3 Å². The van der Waals surface area contributed by atoms with Gasteiger partial charge in [0.25, 0.3) is 0 Å². The third kappa shape index (κ3) is 7.50. The second-order valence-electron chi connectivity index (χ2n) is 2.29. The summed E-state index contributed by atoms with van der Waals surface area (Å²) >= 11 is 0. The lowest BCUT2D eigenvalue weighted by atomic mass is 10.2. The Morgan fingerprint density at radius 1 is 1.20 bits per heavy atom. The summed E-state index contributed by atoms with van der Waals surface area (Å²) in [6.45, 7) is 1.13. The zero-order valence-electron chi connectivity index (χ0n) is 6.98. The highest BCUT2D eigenvalue weighted by Gasteiger charge is 1.81. The number of nitrogens with one attached hydrogen (secondary N) is 2. The average Bonchev–Trinajstić information content (AvgIpc) is 1.97. The molecular weight excluding hydrogens is 124 g/mol. The van der Waals surface area contributed by atoms with Crippen molar-refractivity contribution in [1.29, 1.82) is 0 Å². The second kappa shape index (κ2) is 8.50. The Balaban J connectivity index is 2.83. The van der Waals surface area contributed by atoms with Crippen LogP contribution < -0.4 is 10.6 Å². The lowest BCUT2D eigenvalue weighted by Gasteiger charge is -1.95. The lowest BCUT2D eigenvalue weighted by Crippen LogP contribution is -2.06. The van der Waals surface area contributed by atoms with Crippen LogP contribution in [0.3, 0.4) is 0 Å². The average molecular weight is 142 g/mol. The Morgan fingerprint density at radius 2 is 2.00 bits per heavy atom. The van der Waals surface area contributed by atoms with Crippen molar-refractivity contribution in [3.63, 3.8) is 0 Å². The summed E-state index contributed by atoms with van der Waals surface area (Å²) < 4.78 is 0. The Hall–Kier alpha value is -0.500. The van der Waals surface area contributed by atoms with E-state index < -0.39 is 0 Å². The molecule has 0 saturated carbocycles. The smallest absolute Gasteiger partial charge is 0.00276 e. The summed E-state index contributed by atoms with van der Waals surface area (Å²) in [5.74, 6) is 0. The highest BCUT2D eigenvalue weighted by atomic mass is 14.8. The molecule has 0 aliphatic heterocycles. The molecule has 10 heavy (non-hydrogen) atoms. The van der Waals surface area contributed by atoms with Gasteiger partial charge in [-0.2, -0.15) is 0 Å². The minimum absolute atomic E-state index is 1.13. The molecule has 0 rings (SSSR count). The summed E-state index contributed by atoms with van der Waals surface area (Å²) in [5, 5.41) is 6.08. The topological polar surface area (TPSA) is 24.1 Å². The number of hydrogen-bond acceptors (Lipinski definition) is 2. The summed E-state index contributed by atoms with van der Waals surface area (Å²) in [4.78, 5) is 0. The van der Waals surface area contributed by atoms with Crippen molar-refractivity contribution in [3.8, 4) is 0 Å². The van der Waals surface area contributed by atoms with Gasteiger partial charge in [0.2, 0.25) is 0 Å². The van der Waals surface area contributed by atoms with Crippen molar-refractivity contribution in [1.82, 2.24) is 10.6 Å². The van der Waals surface area contributed by atoms with Crippen LogP contribution in [-0.2, 0) is 0 Å². The van der Waals surface area contributed by atoms with Crippen molar-refractivity contribution in [3.05, 3.63) is 12.3 Å². The molecule has 0 aromatic heterocycles. The van der Waals surface area contributed by atoms with Crippen LogP contribution in [0.5, 0.6) is 0 Å². The van der Waals surface area contributed by atoms with Gasteiger partial charge in [0.1, 0.15) is 0 Å². The number of allylic oxidation sites excluding steroid dienone is 1. The molecule has 2 N–H and O–H groups in total. The Morgan fingerprint density at radius 3 is 2.60 bits per heavy atom. The summed E-state index contributed by atoms with van der Waals surface area (Å²) in [7, 11) is 3.91. The molecule has 0 aliphatic carbocycles. The van der Waals surface area contributed by atoms with E-state index in [0.29, 0.717) is 0 Å². The predicted molar refractivity (Wildman–Crippen MR) is 46.0 cm³/mol. The van der Waals surface area contributed by atoms with Gasteiger partial charge in [-0.05, 0) is 39.1 Å².